The predicted octanol–water partition coefficient (Wildman–Crippen LogP) is 4.16. The number of carbonyl (C=O) groups excluding carboxylic acids is 1. The fraction of sp³-hybridized carbons (Fsp3) is 0.333. The zero-order valence-corrected chi connectivity index (χ0v) is 18.7. The van der Waals surface area contributed by atoms with Crippen molar-refractivity contribution in [2.75, 3.05) is 5.32 Å². The fourth-order valence-electron chi connectivity index (χ4n) is 2.95. The molecule has 154 valence electrons. The molecule has 0 saturated heterocycles. The van der Waals surface area contributed by atoms with Crippen molar-refractivity contribution in [3.8, 4) is 0 Å². The maximum atomic E-state index is 12.9. The Kier molecular flexibility index (Phi) is 6.07. The summed E-state index contributed by atoms with van der Waals surface area (Å²) in [5.41, 5.74) is 3.58. The number of benzene rings is 2. The highest BCUT2D eigenvalue weighted by Crippen LogP contribution is 2.25. The Bertz CT molecular complexity index is 1170. The highest BCUT2D eigenvalue weighted by atomic mass is 32.2. The minimum atomic E-state index is -3.87. The molecule has 0 aliphatic carbocycles. The molecule has 2 N–H and O–H groups in total. The molecule has 29 heavy (non-hydrogen) atoms. The molecule has 1 heterocycles. The average molecular weight is 432 g/mol. The second-order valence-electron chi connectivity index (χ2n) is 7.49. The monoisotopic (exact) mass is 431 g/mol. The largest absolute Gasteiger partial charge is 0.325 e. The Morgan fingerprint density at radius 1 is 1.03 bits per heavy atom. The summed E-state index contributed by atoms with van der Waals surface area (Å²) in [5.74, 6) is -0.618. The van der Waals surface area contributed by atoms with Crippen LogP contribution in [0.25, 0.3) is 10.2 Å². The smallest absolute Gasteiger partial charge is 0.242 e. The van der Waals surface area contributed by atoms with Crippen LogP contribution in [0.15, 0.2) is 41.3 Å². The van der Waals surface area contributed by atoms with Gasteiger partial charge in [-0.2, -0.15) is 4.72 Å². The Balaban J connectivity index is 1.83. The van der Waals surface area contributed by atoms with Crippen molar-refractivity contribution in [3.05, 3.63) is 52.5 Å². The Morgan fingerprint density at radius 3 is 2.41 bits per heavy atom. The van der Waals surface area contributed by atoms with Crippen molar-refractivity contribution >= 4 is 43.2 Å². The Morgan fingerprint density at radius 2 is 1.76 bits per heavy atom. The van der Waals surface area contributed by atoms with Gasteiger partial charge in [0, 0.05) is 5.69 Å². The molecule has 3 rings (SSSR count). The van der Waals surface area contributed by atoms with Gasteiger partial charge in [0.05, 0.1) is 20.1 Å². The molecular formula is C21H25N3O3S2. The van der Waals surface area contributed by atoms with Gasteiger partial charge in [-0.3, -0.25) is 4.79 Å². The van der Waals surface area contributed by atoms with Crippen molar-refractivity contribution in [3.63, 3.8) is 0 Å². The van der Waals surface area contributed by atoms with E-state index in [4.69, 9.17) is 0 Å². The molecule has 2 aromatic carbocycles. The SMILES string of the molecule is Cc1nc2ccc(S(=O)(=O)NC(C(=O)Nc3ccc(C)c(C)c3)C(C)C)cc2s1. The van der Waals surface area contributed by atoms with E-state index in [1.807, 2.05) is 52.8 Å². The molecule has 0 aliphatic heterocycles. The third kappa shape index (κ3) is 4.83. The number of aromatic nitrogens is 1. The van der Waals surface area contributed by atoms with Crippen molar-refractivity contribution in [2.45, 2.75) is 45.6 Å². The first-order chi connectivity index (χ1) is 13.6. The number of amides is 1. The van der Waals surface area contributed by atoms with E-state index in [2.05, 4.69) is 15.0 Å². The van der Waals surface area contributed by atoms with Crippen molar-refractivity contribution in [2.24, 2.45) is 5.92 Å². The Labute approximate surface area is 175 Å². The van der Waals surface area contributed by atoms with E-state index in [1.54, 1.807) is 12.1 Å². The summed E-state index contributed by atoms with van der Waals surface area (Å²) in [6.45, 7) is 9.45. The van der Waals surface area contributed by atoms with Gasteiger partial charge >= 0.3 is 0 Å². The van der Waals surface area contributed by atoms with Gasteiger partial charge in [-0.15, -0.1) is 11.3 Å². The zero-order chi connectivity index (χ0) is 21.3. The second kappa shape index (κ2) is 8.22. The van der Waals surface area contributed by atoms with Gasteiger partial charge in [0.15, 0.2) is 0 Å². The summed E-state index contributed by atoms with van der Waals surface area (Å²) in [6.07, 6.45) is 0. The molecule has 1 aromatic heterocycles. The molecule has 1 unspecified atom stereocenters. The van der Waals surface area contributed by atoms with Crippen LogP contribution in [0.4, 0.5) is 5.69 Å². The third-order valence-corrected chi connectivity index (χ3v) is 7.16. The maximum absolute atomic E-state index is 12.9. The molecule has 0 fully saturated rings. The number of sulfonamides is 1. The van der Waals surface area contributed by atoms with Crippen LogP contribution in [0.2, 0.25) is 0 Å². The molecule has 0 bridgehead atoms. The topological polar surface area (TPSA) is 88.2 Å². The van der Waals surface area contributed by atoms with Gasteiger partial charge < -0.3 is 5.32 Å². The first kappa shape index (κ1) is 21.4. The van der Waals surface area contributed by atoms with Gasteiger partial charge in [0.2, 0.25) is 15.9 Å². The van der Waals surface area contributed by atoms with Crippen LogP contribution in [0, 0.1) is 26.7 Å². The first-order valence-electron chi connectivity index (χ1n) is 9.34. The van der Waals surface area contributed by atoms with Gasteiger partial charge in [-0.05, 0) is 68.1 Å². The van der Waals surface area contributed by atoms with E-state index in [-0.39, 0.29) is 16.7 Å². The minimum Gasteiger partial charge on any atom is -0.325 e. The molecule has 0 aliphatic rings. The molecule has 1 atom stereocenters. The molecule has 8 heteroatoms. The lowest BCUT2D eigenvalue weighted by Crippen LogP contribution is -2.47. The van der Waals surface area contributed by atoms with Crippen molar-refractivity contribution in [1.82, 2.24) is 9.71 Å². The van der Waals surface area contributed by atoms with Crippen LogP contribution in [-0.2, 0) is 14.8 Å². The van der Waals surface area contributed by atoms with Crippen molar-refractivity contribution in [1.29, 1.82) is 0 Å². The minimum absolute atomic E-state index is 0.123. The highest BCUT2D eigenvalue weighted by Gasteiger charge is 2.29. The number of thiazole rings is 1. The summed E-state index contributed by atoms with van der Waals surface area (Å²) in [5, 5.41) is 3.70. The number of anilines is 1. The molecule has 6 nitrogen and oxygen atoms in total. The summed E-state index contributed by atoms with van der Waals surface area (Å²) in [4.78, 5) is 17.3. The van der Waals surface area contributed by atoms with Crippen LogP contribution in [0.1, 0.15) is 30.0 Å². The lowest BCUT2D eigenvalue weighted by Gasteiger charge is -2.22. The summed E-state index contributed by atoms with van der Waals surface area (Å²) in [7, 11) is -3.87. The summed E-state index contributed by atoms with van der Waals surface area (Å²) in [6, 6.07) is 9.51. The molecule has 1 amide bonds. The number of aryl methyl sites for hydroxylation is 3. The van der Waals surface area contributed by atoms with Crippen LogP contribution < -0.4 is 10.0 Å². The molecular weight excluding hydrogens is 406 g/mol. The van der Waals surface area contributed by atoms with Crippen molar-refractivity contribution < 1.29 is 13.2 Å². The first-order valence-corrected chi connectivity index (χ1v) is 11.6. The molecule has 0 spiro atoms. The number of nitrogens with zero attached hydrogens (tertiary/aromatic N) is 1. The maximum Gasteiger partial charge on any atom is 0.242 e. The fourth-order valence-corrected chi connectivity index (χ4v) is 5.26. The number of nitrogens with one attached hydrogen (secondary N) is 2. The lowest BCUT2D eigenvalue weighted by molar-refractivity contribution is -0.118. The van der Waals surface area contributed by atoms with Crippen LogP contribution in [-0.4, -0.2) is 25.4 Å². The number of hydrogen-bond donors (Lipinski definition) is 2. The average Bonchev–Trinajstić information content (AvgIpc) is 3.01. The van der Waals surface area contributed by atoms with E-state index < -0.39 is 16.1 Å². The summed E-state index contributed by atoms with van der Waals surface area (Å²) < 4.78 is 29.3. The highest BCUT2D eigenvalue weighted by molar-refractivity contribution is 7.89. The normalized spacial score (nSPS) is 13.0. The van der Waals surface area contributed by atoms with E-state index in [0.29, 0.717) is 5.69 Å². The van der Waals surface area contributed by atoms with Crippen LogP contribution in [0.5, 0.6) is 0 Å². The quantitative estimate of drug-likeness (QED) is 0.613. The predicted molar refractivity (Wildman–Crippen MR) is 118 cm³/mol. The van der Waals surface area contributed by atoms with Crippen LogP contribution in [0.3, 0.4) is 0 Å². The van der Waals surface area contributed by atoms with E-state index in [1.165, 1.54) is 17.4 Å². The zero-order valence-electron chi connectivity index (χ0n) is 17.1. The van der Waals surface area contributed by atoms with Gasteiger partial charge in [0.25, 0.3) is 0 Å². The van der Waals surface area contributed by atoms with E-state index in [0.717, 1.165) is 26.4 Å². The lowest BCUT2D eigenvalue weighted by atomic mass is 10.0. The second-order valence-corrected chi connectivity index (χ2v) is 10.4. The molecule has 0 saturated carbocycles. The van der Waals surface area contributed by atoms with E-state index in [9.17, 15) is 13.2 Å². The van der Waals surface area contributed by atoms with Crippen LogP contribution >= 0.6 is 11.3 Å². The summed E-state index contributed by atoms with van der Waals surface area (Å²) >= 11 is 1.44. The number of rotatable bonds is 6. The van der Waals surface area contributed by atoms with E-state index >= 15 is 0 Å². The molecule has 3 aromatic rings. The third-order valence-electron chi connectivity index (χ3n) is 4.78. The van der Waals surface area contributed by atoms with Gasteiger partial charge in [-0.25, -0.2) is 13.4 Å². The number of fused-ring (bicyclic) bond motifs is 1. The van der Waals surface area contributed by atoms with Gasteiger partial charge in [0.1, 0.15) is 6.04 Å². The molecule has 0 radical (unpaired) electrons. The Hall–Kier alpha value is -2.29. The number of hydrogen-bond acceptors (Lipinski definition) is 5. The standard InChI is InChI=1S/C21H25N3O3S2/c1-12(2)20(21(25)23-16-7-6-13(3)14(4)10-16)24-29(26,27)17-8-9-18-19(11-17)28-15(5)22-18/h6-12,20,24H,1-5H3,(H,23,25). The number of carbonyl (C=O) groups is 1. The van der Waals surface area contributed by atoms with Gasteiger partial charge in [-0.1, -0.05) is 19.9 Å².